The van der Waals surface area contributed by atoms with Crippen LogP contribution in [0.4, 0.5) is 0 Å². The van der Waals surface area contributed by atoms with Crippen molar-refractivity contribution in [1.29, 1.82) is 0 Å². The fraction of sp³-hybridized carbons (Fsp3) is 1.00. The Kier molecular flexibility index (Phi) is 5.35. The fourth-order valence-electron chi connectivity index (χ4n) is 1.46. The van der Waals surface area contributed by atoms with Gasteiger partial charge in [-0.25, -0.2) is 0 Å². The largest absolute Gasteiger partial charge is 0.395 e. The first-order valence-corrected chi connectivity index (χ1v) is 5.27. The number of hydrogen-bond donors (Lipinski definition) is 2. The summed E-state index contributed by atoms with van der Waals surface area (Å²) in [7, 11) is 0. The van der Waals surface area contributed by atoms with Crippen molar-refractivity contribution in [2.24, 2.45) is 11.7 Å². The molecule has 0 spiro atoms. The molecule has 3 nitrogen and oxygen atoms in total. The van der Waals surface area contributed by atoms with E-state index in [1.165, 1.54) is 25.7 Å². The van der Waals surface area contributed by atoms with Crippen LogP contribution < -0.4 is 5.73 Å². The minimum atomic E-state index is -0.108. The predicted molar refractivity (Wildman–Crippen MR) is 52.5 cm³/mol. The number of hydrogen-bond acceptors (Lipinski definition) is 3. The van der Waals surface area contributed by atoms with Gasteiger partial charge in [-0.1, -0.05) is 19.3 Å². The van der Waals surface area contributed by atoms with Crippen LogP contribution in [0.3, 0.4) is 0 Å². The molecule has 0 saturated heterocycles. The van der Waals surface area contributed by atoms with Crippen molar-refractivity contribution in [3.63, 3.8) is 0 Å². The van der Waals surface area contributed by atoms with Crippen molar-refractivity contribution in [3.8, 4) is 0 Å². The van der Waals surface area contributed by atoms with Gasteiger partial charge in [0.2, 0.25) is 0 Å². The van der Waals surface area contributed by atoms with E-state index < -0.39 is 0 Å². The average molecular weight is 187 g/mol. The summed E-state index contributed by atoms with van der Waals surface area (Å²) in [6.45, 7) is 1.61. The topological polar surface area (TPSA) is 55.5 Å². The van der Waals surface area contributed by atoms with Crippen LogP contribution in [0.25, 0.3) is 0 Å². The lowest BCUT2D eigenvalue weighted by Crippen LogP contribution is -2.26. The summed E-state index contributed by atoms with van der Waals surface area (Å²) in [6.07, 6.45) is 6.15. The minimum Gasteiger partial charge on any atom is -0.395 e. The fourth-order valence-corrected chi connectivity index (χ4v) is 1.46. The molecule has 13 heavy (non-hydrogen) atoms. The van der Waals surface area contributed by atoms with E-state index in [0.717, 1.165) is 18.9 Å². The first-order chi connectivity index (χ1) is 6.33. The van der Waals surface area contributed by atoms with E-state index in [2.05, 4.69) is 0 Å². The van der Waals surface area contributed by atoms with Gasteiger partial charge in [0, 0.05) is 19.3 Å². The standard InChI is InChI=1S/C10H21NO2/c11-10(8-12)5-7-13-6-4-9-2-1-3-9/h9-10,12H,1-8,11H2. The van der Waals surface area contributed by atoms with E-state index in [1.807, 2.05) is 0 Å². The van der Waals surface area contributed by atoms with Crippen molar-refractivity contribution >= 4 is 0 Å². The molecule has 1 rings (SSSR count). The summed E-state index contributed by atoms with van der Waals surface area (Å²) in [5, 5.41) is 8.65. The zero-order chi connectivity index (χ0) is 9.52. The van der Waals surface area contributed by atoms with Gasteiger partial charge < -0.3 is 15.6 Å². The number of ether oxygens (including phenoxy) is 1. The second-order valence-corrected chi connectivity index (χ2v) is 3.93. The molecule has 1 aliphatic rings. The van der Waals surface area contributed by atoms with E-state index >= 15 is 0 Å². The lowest BCUT2D eigenvalue weighted by atomic mass is 9.83. The van der Waals surface area contributed by atoms with Gasteiger partial charge in [0.1, 0.15) is 0 Å². The van der Waals surface area contributed by atoms with E-state index in [1.54, 1.807) is 0 Å². The molecule has 0 amide bonds. The van der Waals surface area contributed by atoms with Gasteiger partial charge in [-0.05, 0) is 18.8 Å². The zero-order valence-corrected chi connectivity index (χ0v) is 8.24. The van der Waals surface area contributed by atoms with Crippen molar-refractivity contribution in [1.82, 2.24) is 0 Å². The van der Waals surface area contributed by atoms with Crippen molar-refractivity contribution in [2.75, 3.05) is 19.8 Å². The molecule has 1 saturated carbocycles. The molecule has 1 atom stereocenters. The Bertz CT molecular complexity index is 119. The molecule has 0 aromatic rings. The first kappa shape index (κ1) is 11.0. The van der Waals surface area contributed by atoms with Gasteiger partial charge in [0.05, 0.1) is 6.61 Å². The molecule has 0 bridgehead atoms. The summed E-state index contributed by atoms with van der Waals surface area (Å²) in [4.78, 5) is 0. The Morgan fingerprint density at radius 2 is 2.15 bits per heavy atom. The molecule has 0 aromatic carbocycles. The highest BCUT2D eigenvalue weighted by atomic mass is 16.5. The third-order valence-corrected chi connectivity index (χ3v) is 2.76. The highest BCUT2D eigenvalue weighted by Crippen LogP contribution is 2.28. The second-order valence-electron chi connectivity index (χ2n) is 3.93. The Morgan fingerprint density at radius 3 is 2.69 bits per heavy atom. The van der Waals surface area contributed by atoms with Crippen LogP contribution >= 0.6 is 0 Å². The smallest absolute Gasteiger partial charge is 0.0583 e. The number of rotatable bonds is 7. The predicted octanol–water partition coefficient (Wildman–Crippen LogP) is 0.903. The lowest BCUT2D eigenvalue weighted by molar-refractivity contribution is 0.0963. The Balaban J connectivity index is 1.78. The van der Waals surface area contributed by atoms with Crippen LogP contribution in [-0.2, 0) is 4.74 Å². The normalized spacial score (nSPS) is 19.8. The Hall–Kier alpha value is -0.120. The number of aliphatic hydroxyl groups excluding tert-OH is 1. The van der Waals surface area contributed by atoms with E-state index in [4.69, 9.17) is 15.6 Å². The summed E-state index contributed by atoms with van der Waals surface area (Å²) in [6, 6.07) is -0.108. The average Bonchev–Trinajstić information content (AvgIpc) is 2.07. The quantitative estimate of drug-likeness (QED) is 0.582. The summed E-state index contributed by atoms with van der Waals surface area (Å²) in [5.74, 6) is 0.923. The highest BCUT2D eigenvalue weighted by molar-refractivity contribution is 4.68. The van der Waals surface area contributed by atoms with Crippen LogP contribution in [0.15, 0.2) is 0 Å². The zero-order valence-electron chi connectivity index (χ0n) is 8.24. The minimum absolute atomic E-state index is 0.0615. The van der Waals surface area contributed by atoms with E-state index in [-0.39, 0.29) is 12.6 Å². The molecule has 1 fully saturated rings. The SMILES string of the molecule is NC(CO)CCOCCC1CCC1. The first-order valence-electron chi connectivity index (χ1n) is 5.27. The maximum Gasteiger partial charge on any atom is 0.0583 e. The number of aliphatic hydroxyl groups is 1. The van der Waals surface area contributed by atoms with Gasteiger partial charge in [-0.2, -0.15) is 0 Å². The monoisotopic (exact) mass is 187 g/mol. The molecule has 78 valence electrons. The van der Waals surface area contributed by atoms with Gasteiger partial charge >= 0.3 is 0 Å². The molecule has 1 unspecified atom stereocenters. The molecule has 3 heteroatoms. The number of nitrogens with two attached hydrogens (primary N) is 1. The third-order valence-electron chi connectivity index (χ3n) is 2.76. The van der Waals surface area contributed by atoms with Crippen LogP contribution in [0.1, 0.15) is 32.1 Å². The van der Waals surface area contributed by atoms with Crippen LogP contribution in [0.2, 0.25) is 0 Å². The van der Waals surface area contributed by atoms with Crippen molar-refractivity contribution < 1.29 is 9.84 Å². The molecular formula is C10H21NO2. The molecule has 0 aromatic heterocycles. The van der Waals surface area contributed by atoms with Crippen molar-refractivity contribution in [3.05, 3.63) is 0 Å². The maximum absolute atomic E-state index is 8.65. The van der Waals surface area contributed by atoms with Gasteiger partial charge in [0.15, 0.2) is 0 Å². The summed E-state index contributed by atoms with van der Waals surface area (Å²) in [5.41, 5.74) is 5.52. The van der Waals surface area contributed by atoms with Gasteiger partial charge in [-0.3, -0.25) is 0 Å². The molecule has 1 aliphatic carbocycles. The van der Waals surface area contributed by atoms with Gasteiger partial charge in [0.25, 0.3) is 0 Å². The maximum atomic E-state index is 8.65. The molecule has 0 heterocycles. The molecular weight excluding hydrogens is 166 g/mol. The van der Waals surface area contributed by atoms with E-state index in [9.17, 15) is 0 Å². The third kappa shape index (κ3) is 4.60. The van der Waals surface area contributed by atoms with Crippen LogP contribution in [0.5, 0.6) is 0 Å². The van der Waals surface area contributed by atoms with Crippen LogP contribution in [0, 0.1) is 5.92 Å². The van der Waals surface area contributed by atoms with Crippen LogP contribution in [-0.4, -0.2) is 31.0 Å². The summed E-state index contributed by atoms with van der Waals surface area (Å²) >= 11 is 0. The molecule has 0 radical (unpaired) electrons. The van der Waals surface area contributed by atoms with Gasteiger partial charge in [-0.15, -0.1) is 0 Å². The molecule has 3 N–H and O–H groups in total. The van der Waals surface area contributed by atoms with Crippen molar-refractivity contribution in [2.45, 2.75) is 38.1 Å². The van der Waals surface area contributed by atoms with E-state index in [0.29, 0.717) is 6.61 Å². The molecule has 0 aliphatic heterocycles. The Morgan fingerprint density at radius 1 is 1.38 bits per heavy atom. The Labute approximate surface area is 80.3 Å². The lowest BCUT2D eigenvalue weighted by Gasteiger charge is -2.24. The highest BCUT2D eigenvalue weighted by Gasteiger charge is 2.16. The second kappa shape index (κ2) is 6.35. The summed E-state index contributed by atoms with van der Waals surface area (Å²) < 4.78 is 5.42.